The number of nitrogens with zero attached hydrogens (tertiary/aromatic N) is 2. The summed E-state index contributed by atoms with van der Waals surface area (Å²) in [6.45, 7) is 2.60. The Morgan fingerprint density at radius 3 is 3.14 bits per heavy atom. The molecule has 0 bridgehead atoms. The highest BCUT2D eigenvalue weighted by molar-refractivity contribution is 5.78. The first-order valence-corrected chi connectivity index (χ1v) is 7.03. The summed E-state index contributed by atoms with van der Waals surface area (Å²) >= 11 is 0. The lowest BCUT2D eigenvalue weighted by Gasteiger charge is -2.29. The molecule has 0 aliphatic carbocycles. The molecule has 0 spiro atoms. The van der Waals surface area contributed by atoms with Crippen LogP contribution < -0.4 is 10.1 Å². The van der Waals surface area contributed by atoms with Crippen LogP contribution in [0.15, 0.2) is 28.8 Å². The fourth-order valence-electron chi connectivity index (χ4n) is 2.43. The number of hydrogen-bond donors (Lipinski definition) is 1. The van der Waals surface area contributed by atoms with Gasteiger partial charge in [0.25, 0.3) is 0 Å². The Kier molecular flexibility index (Phi) is 3.79. The molecular weight excluding hydrogens is 289 g/mol. The largest absolute Gasteiger partial charge is 0.485 e. The number of aromatic nitrogens is 2. The van der Waals surface area contributed by atoms with E-state index in [9.17, 15) is 9.18 Å². The number of ether oxygens (including phenoxy) is 1. The molecule has 1 saturated heterocycles. The highest BCUT2D eigenvalue weighted by Gasteiger charge is 2.38. The van der Waals surface area contributed by atoms with Crippen molar-refractivity contribution < 1.29 is 18.4 Å². The van der Waals surface area contributed by atoms with Gasteiger partial charge in [-0.2, -0.15) is 4.98 Å². The number of piperidine rings is 1. The Balaban J connectivity index is 1.67. The standard InChI is InChI=1S/C15H16FN3O3/c1-15(5-6-17-13(20)8-15)14-18-12(19-22-14)9-21-11-4-2-3-10(16)7-11/h2-4,7H,5-6,8-9H2,1H3,(H,17,20). The van der Waals surface area contributed by atoms with E-state index >= 15 is 0 Å². The molecule has 1 aliphatic heterocycles. The molecule has 6 nitrogen and oxygen atoms in total. The predicted molar refractivity (Wildman–Crippen MR) is 74.6 cm³/mol. The molecule has 3 rings (SSSR count). The number of halogens is 1. The second-order valence-corrected chi connectivity index (χ2v) is 5.60. The van der Waals surface area contributed by atoms with Crippen LogP contribution in [-0.2, 0) is 16.8 Å². The Morgan fingerprint density at radius 2 is 2.36 bits per heavy atom. The van der Waals surface area contributed by atoms with E-state index in [2.05, 4.69) is 15.5 Å². The summed E-state index contributed by atoms with van der Waals surface area (Å²) in [6, 6.07) is 5.84. The Morgan fingerprint density at radius 1 is 1.50 bits per heavy atom. The highest BCUT2D eigenvalue weighted by Crippen LogP contribution is 2.32. The van der Waals surface area contributed by atoms with Crippen molar-refractivity contribution in [1.82, 2.24) is 15.5 Å². The minimum Gasteiger partial charge on any atom is -0.485 e. The molecule has 1 unspecified atom stereocenters. The van der Waals surface area contributed by atoms with E-state index in [-0.39, 0.29) is 18.3 Å². The number of amides is 1. The van der Waals surface area contributed by atoms with E-state index in [1.807, 2.05) is 6.92 Å². The van der Waals surface area contributed by atoms with E-state index in [4.69, 9.17) is 9.26 Å². The van der Waals surface area contributed by atoms with E-state index in [0.717, 1.165) is 6.42 Å². The minimum absolute atomic E-state index is 0.0236. The van der Waals surface area contributed by atoms with Crippen molar-refractivity contribution in [3.8, 4) is 5.75 Å². The summed E-state index contributed by atoms with van der Waals surface area (Å²) < 4.78 is 23.8. The molecule has 2 aromatic rings. The molecule has 1 aromatic heterocycles. The van der Waals surface area contributed by atoms with Crippen LogP contribution in [0.1, 0.15) is 31.5 Å². The molecule has 1 fully saturated rings. The number of hydrogen-bond acceptors (Lipinski definition) is 5. The minimum atomic E-state index is -0.452. The number of carbonyl (C=O) groups excluding carboxylic acids is 1. The monoisotopic (exact) mass is 305 g/mol. The molecule has 1 N–H and O–H groups in total. The summed E-state index contributed by atoms with van der Waals surface area (Å²) in [7, 11) is 0. The molecule has 1 atom stereocenters. The van der Waals surface area contributed by atoms with Gasteiger partial charge in [0.1, 0.15) is 11.6 Å². The van der Waals surface area contributed by atoms with Gasteiger partial charge < -0.3 is 14.6 Å². The summed E-state index contributed by atoms with van der Waals surface area (Å²) in [4.78, 5) is 15.8. The Hall–Kier alpha value is -2.44. The number of carbonyl (C=O) groups is 1. The van der Waals surface area contributed by atoms with Crippen molar-refractivity contribution >= 4 is 5.91 Å². The van der Waals surface area contributed by atoms with Gasteiger partial charge in [-0.1, -0.05) is 18.1 Å². The second kappa shape index (κ2) is 5.75. The molecule has 1 aromatic carbocycles. The van der Waals surface area contributed by atoms with Gasteiger partial charge in [-0.15, -0.1) is 0 Å². The van der Waals surface area contributed by atoms with Crippen molar-refractivity contribution in [2.24, 2.45) is 0 Å². The van der Waals surface area contributed by atoms with Crippen LogP contribution in [0.4, 0.5) is 4.39 Å². The van der Waals surface area contributed by atoms with Crippen molar-refractivity contribution in [1.29, 1.82) is 0 Å². The van der Waals surface area contributed by atoms with Gasteiger partial charge in [0, 0.05) is 19.0 Å². The second-order valence-electron chi connectivity index (χ2n) is 5.60. The zero-order chi connectivity index (χ0) is 15.6. The molecule has 0 radical (unpaired) electrons. The molecule has 22 heavy (non-hydrogen) atoms. The fourth-order valence-corrected chi connectivity index (χ4v) is 2.43. The topological polar surface area (TPSA) is 77.2 Å². The maximum atomic E-state index is 13.1. The predicted octanol–water partition coefficient (Wildman–Crippen LogP) is 1.96. The van der Waals surface area contributed by atoms with Gasteiger partial charge >= 0.3 is 0 Å². The van der Waals surface area contributed by atoms with Crippen LogP contribution in [0.5, 0.6) is 5.75 Å². The van der Waals surface area contributed by atoms with Crippen LogP contribution in [0, 0.1) is 5.82 Å². The van der Waals surface area contributed by atoms with E-state index < -0.39 is 5.41 Å². The lowest BCUT2D eigenvalue weighted by molar-refractivity contribution is -0.124. The van der Waals surface area contributed by atoms with Gasteiger partial charge in [0.15, 0.2) is 6.61 Å². The molecule has 2 heterocycles. The third-order valence-electron chi connectivity index (χ3n) is 3.70. The first-order chi connectivity index (χ1) is 10.5. The summed E-state index contributed by atoms with van der Waals surface area (Å²) in [5.74, 6) is 0.804. The third-order valence-corrected chi connectivity index (χ3v) is 3.70. The van der Waals surface area contributed by atoms with Crippen LogP contribution in [0.25, 0.3) is 0 Å². The van der Waals surface area contributed by atoms with Crippen molar-refractivity contribution in [3.63, 3.8) is 0 Å². The van der Waals surface area contributed by atoms with Crippen molar-refractivity contribution in [2.75, 3.05) is 6.54 Å². The maximum Gasteiger partial charge on any atom is 0.233 e. The average Bonchev–Trinajstić information content (AvgIpc) is 2.95. The summed E-state index contributed by atoms with van der Waals surface area (Å²) in [5, 5.41) is 6.64. The Labute approximate surface area is 126 Å². The molecule has 7 heteroatoms. The van der Waals surface area contributed by atoms with Crippen LogP contribution in [-0.4, -0.2) is 22.6 Å². The molecule has 0 saturated carbocycles. The average molecular weight is 305 g/mol. The highest BCUT2D eigenvalue weighted by atomic mass is 19.1. The number of rotatable bonds is 4. The zero-order valence-electron chi connectivity index (χ0n) is 12.1. The Bertz CT molecular complexity index is 688. The van der Waals surface area contributed by atoms with E-state index in [1.54, 1.807) is 12.1 Å². The summed E-state index contributed by atoms with van der Waals surface area (Å²) in [6.07, 6.45) is 1.06. The van der Waals surface area contributed by atoms with Gasteiger partial charge in [-0.05, 0) is 18.6 Å². The van der Waals surface area contributed by atoms with E-state index in [0.29, 0.717) is 30.4 Å². The van der Waals surface area contributed by atoms with Gasteiger partial charge in [-0.3, -0.25) is 4.79 Å². The van der Waals surface area contributed by atoms with Gasteiger partial charge in [0.05, 0.1) is 5.41 Å². The smallest absolute Gasteiger partial charge is 0.233 e. The quantitative estimate of drug-likeness (QED) is 0.934. The zero-order valence-corrected chi connectivity index (χ0v) is 12.1. The lowest BCUT2D eigenvalue weighted by atomic mass is 9.80. The van der Waals surface area contributed by atoms with E-state index in [1.165, 1.54) is 12.1 Å². The van der Waals surface area contributed by atoms with Crippen LogP contribution in [0.3, 0.4) is 0 Å². The first kappa shape index (κ1) is 14.5. The maximum absolute atomic E-state index is 13.1. The number of nitrogens with one attached hydrogen (secondary N) is 1. The molecule has 116 valence electrons. The van der Waals surface area contributed by atoms with Gasteiger partial charge in [-0.25, -0.2) is 4.39 Å². The first-order valence-electron chi connectivity index (χ1n) is 7.03. The number of benzene rings is 1. The fraction of sp³-hybridized carbons (Fsp3) is 0.400. The molecular formula is C15H16FN3O3. The van der Waals surface area contributed by atoms with Crippen molar-refractivity contribution in [3.05, 3.63) is 41.8 Å². The van der Waals surface area contributed by atoms with Crippen LogP contribution >= 0.6 is 0 Å². The van der Waals surface area contributed by atoms with Crippen molar-refractivity contribution in [2.45, 2.75) is 31.8 Å². The molecule has 1 amide bonds. The SMILES string of the molecule is CC1(c2nc(COc3cccc(F)c3)no2)CCNC(=O)C1. The van der Waals surface area contributed by atoms with Crippen LogP contribution in [0.2, 0.25) is 0 Å². The third kappa shape index (κ3) is 3.08. The van der Waals surface area contributed by atoms with Gasteiger partial charge in [0.2, 0.25) is 17.6 Å². The molecule has 1 aliphatic rings. The normalized spacial score (nSPS) is 21.5. The summed E-state index contributed by atoms with van der Waals surface area (Å²) in [5.41, 5.74) is -0.452. The lowest BCUT2D eigenvalue weighted by Crippen LogP contribution is -2.41.